The number of hydrogen-bond acceptors (Lipinski definition) is 3. The molecular formula is C18H18N2S. The van der Waals surface area contributed by atoms with Crippen LogP contribution in [0.25, 0.3) is 10.2 Å². The molecule has 1 unspecified atom stereocenters. The van der Waals surface area contributed by atoms with Crippen LogP contribution >= 0.6 is 11.3 Å². The van der Waals surface area contributed by atoms with Crippen molar-refractivity contribution in [1.82, 2.24) is 10.3 Å². The van der Waals surface area contributed by atoms with Gasteiger partial charge in [0, 0.05) is 12.5 Å². The van der Waals surface area contributed by atoms with E-state index in [0.29, 0.717) is 6.04 Å². The second kappa shape index (κ2) is 5.24. The molecule has 106 valence electrons. The largest absolute Gasteiger partial charge is 0.313 e. The van der Waals surface area contributed by atoms with Crippen LogP contribution in [0.4, 0.5) is 0 Å². The van der Waals surface area contributed by atoms with Gasteiger partial charge in [0.15, 0.2) is 0 Å². The molecular weight excluding hydrogens is 276 g/mol. The third kappa shape index (κ3) is 2.37. The van der Waals surface area contributed by atoms with Crippen molar-refractivity contribution in [2.45, 2.75) is 25.3 Å². The smallest absolute Gasteiger partial charge is 0.0982 e. The molecule has 1 heterocycles. The van der Waals surface area contributed by atoms with Gasteiger partial charge in [-0.3, -0.25) is 0 Å². The minimum atomic E-state index is 0.538. The van der Waals surface area contributed by atoms with Crippen LogP contribution in [-0.4, -0.2) is 12.0 Å². The van der Waals surface area contributed by atoms with Crippen LogP contribution in [0.2, 0.25) is 0 Å². The summed E-state index contributed by atoms with van der Waals surface area (Å²) in [6, 6.07) is 15.9. The number of rotatable bonds is 3. The molecule has 3 heteroatoms. The maximum absolute atomic E-state index is 4.74. The number of benzene rings is 2. The van der Waals surface area contributed by atoms with Gasteiger partial charge in [0.05, 0.1) is 15.2 Å². The Kier molecular flexibility index (Phi) is 3.24. The molecule has 2 aromatic carbocycles. The summed E-state index contributed by atoms with van der Waals surface area (Å²) in [6.07, 6.45) is 3.35. The quantitative estimate of drug-likeness (QED) is 0.787. The minimum Gasteiger partial charge on any atom is -0.313 e. The molecule has 21 heavy (non-hydrogen) atoms. The van der Waals surface area contributed by atoms with Crippen LogP contribution in [0.5, 0.6) is 0 Å². The number of para-hydroxylation sites is 1. The van der Waals surface area contributed by atoms with E-state index < -0.39 is 0 Å². The van der Waals surface area contributed by atoms with Crippen molar-refractivity contribution in [2.24, 2.45) is 0 Å². The topological polar surface area (TPSA) is 24.9 Å². The van der Waals surface area contributed by atoms with Gasteiger partial charge in [0.2, 0.25) is 0 Å². The van der Waals surface area contributed by atoms with E-state index in [9.17, 15) is 0 Å². The standard InChI is InChI=1S/C18H18N2S/c1-19-15-9-7-13-10-12(6-8-14(13)15)11-18-20-16-4-2-3-5-17(16)21-18/h2-6,8,10,15,19H,7,9,11H2,1H3. The third-order valence-corrected chi connectivity index (χ3v) is 5.36. The molecule has 2 nitrogen and oxygen atoms in total. The van der Waals surface area contributed by atoms with Gasteiger partial charge in [-0.15, -0.1) is 11.3 Å². The average molecular weight is 294 g/mol. The van der Waals surface area contributed by atoms with E-state index in [4.69, 9.17) is 4.98 Å². The maximum Gasteiger partial charge on any atom is 0.0982 e. The fourth-order valence-corrected chi connectivity index (χ4v) is 4.25. The van der Waals surface area contributed by atoms with Crippen molar-refractivity contribution in [3.8, 4) is 0 Å². The molecule has 1 N–H and O–H groups in total. The molecule has 1 atom stereocenters. The summed E-state index contributed by atoms with van der Waals surface area (Å²) < 4.78 is 1.28. The van der Waals surface area contributed by atoms with E-state index in [1.165, 1.54) is 39.2 Å². The van der Waals surface area contributed by atoms with Crippen LogP contribution < -0.4 is 5.32 Å². The zero-order valence-electron chi connectivity index (χ0n) is 12.1. The fourth-order valence-electron chi connectivity index (χ4n) is 3.25. The number of hydrogen-bond donors (Lipinski definition) is 1. The molecule has 0 saturated heterocycles. The van der Waals surface area contributed by atoms with Crippen molar-refractivity contribution in [3.05, 3.63) is 64.2 Å². The molecule has 0 amide bonds. The summed E-state index contributed by atoms with van der Waals surface area (Å²) in [5, 5.41) is 4.60. The van der Waals surface area contributed by atoms with E-state index in [0.717, 1.165) is 11.9 Å². The Labute approximate surface area is 128 Å². The van der Waals surface area contributed by atoms with Gasteiger partial charge >= 0.3 is 0 Å². The lowest BCUT2D eigenvalue weighted by Gasteiger charge is -2.10. The van der Waals surface area contributed by atoms with Crippen molar-refractivity contribution in [3.63, 3.8) is 0 Å². The number of fused-ring (bicyclic) bond motifs is 2. The van der Waals surface area contributed by atoms with Crippen LogP contribution in [0, 0.1) is 0 Å². The molecule has 3 aromatic rings. The lowest BCUT2D eigenvalue weighted by molar-refractivity contribution is 0.590. The molecule has 0 aliphatic heterocycles. The van der Waals surface area contributed by atoms with E-state index in [2.05, 4.69) is 54.8 Å². The average Bonchev–Trinajstić information content (AvgIpc) is 3.09. The van der Waals surface area contributed by atoms with Crippen molar-refractivity contribution in [1.29, 1.82) is 0 Å². The number of nitrogens with one attached hydrogen (secondary N) is 1. The lowest BCUT2D eigenvalue weighted by atomic mass is 10.0. The molecule has 1 aromatic heterocycles. The maximum atomic E-state index is 4.74. The van der Waals surface area contributed by atoms with Crippen molar-refractivity contribution >= 4 is 21.6 Å². The number of nitrogens with zero attached hydrogens (tertiary/aromatic N) is 1. The van der Waals surface area contributed by atoms with Gasteiger partial charge in [0.25, 0.3) is 0 Å². The van der Waals surface area contributed by atoms with Gasteiger partial charge in [0.1, 0.15) is 0 Å². The Morgan fingerprint density at radius 1 is 1.24 bits per heavy atom. The first-order chi connectivity index (χ1) is 10.3. The SMILES string of the molecule is CNC1CCc2cc(Cc3nc4ccccc4s3)ccc21. The zero-order chi connectivity index (χ0) is 14.2. The Balaban J connectivity index is 1.63. The molecule has 0 saturated carbocycles. The Hall–Kier alpha value is -1.71. The first kappa shape index (κ1) is 13.0. The van der Waals surface area contributed by atoms with Crippen molar-refractivity contribution in [2.75, 3.05) is 7.05 Å². The molecule has 0 bridgehead atoms. The van der Waals surface area contributed by atoms with E-state index >= 15 is 0 Å². The molecule has 0 radical (unpaired) electrons. The highest BCUT2D eigenvalue weighted by atomic mass is 32.1. The second-order valence-electron chi connectivity index (χ2n) is 5.67. The fraction of sp³-hybridized carbons (Fsp3) is 0.278. The zero-order valence-corrected chi connectivity index (χ0v) is 12.9. The highest BCUT2D eigenvalue weighted by Gasteiger charge is 2.20. The summed E-state index contributed by atoms with van der Waals surface area (Å²) in [6.45, 7) is 0. The Morgan fingerprint density at radius 3 is 3.00 bits per heavy atom. The highest BCUT2D eigenvalue weighted by molar-refractivity contribution is 7.18. The van der Waals surface area contributed by atoms with E-state index in [1.54, 1.807) is 11.3 Å². The molecule has 4 rings (SSSR count). The Morgan fingerprint density at radius 2 is 2.14 bits per heavy atom. The predicted molar refractivity (Wildman–Crippen MR) is 89.0 cm³/mol. The van der Waals surface area contributed by atoms with Crippen LogP contribution in [0.3, 0.4) is 0 Å². The number of aryl methyl sites for hydroxylation is 1. The summed E-state index contributed by atoms with van der Waals surface area (Å²) in [5.41, 5.74) is 5.48. The second-order valence-corrected chi connectivity index (χ2v) is 6.78. The first-order valence-corrected chi connectivity index (χ1v) is 8.28. The van der Waals surface area contributed by atoms with Crippen molar-refractivity contribution < 1.29 is 0 Å². The molecule has 1 aliphatic rings. The normalized spacial score (nSPS) is 17.3. The Bertz CT molecular complexity index is 758. The molecule has 0 spiro atoms. The number of aromatic nitrogens is 1. The van der Waals surface area contributed by atoms with Gasteiger partial charge in [-0.25, -0.2) is 4.98 Å². The monoisotopic (exact) mass is 294 g/mol. The van der Waals surface area contributed by atoms with Crippen LogP contribution in [0.15, 0.2) is 42.5 Å². The summed E-state index contributed by atoms with van der Waals surface area (Å²) in [7, 11) is 2.05. The predicted octanol–water partition coefficient (Wildman–Crippen LogP) is 4.09. The van der Waals surface area contributed by atoms with E-state index in [-0.39, 0.29) is 0 Å². The summed E-state index contributed by atoms with van der Waals surface area (Å²) in [4.78, 5) is 4.74. The molecule has 0 fully saturated rings. The third-order valence-electron chi connectivity index (χ3n) is 4.33. The minimum absolute atomic E-state index is 0.538. The summed E-state index contributed by atoms with van der Waals surface area (Å²) in [5.74, 6) is 0. The summed E-state index contributed by atoms with van der Waals surface area (Å²) >= 11 is 1.81. The lowest BCUT2D eigenvalue weighted by Crippen LogP contribution is -2.12. The van der Waals surface area contributed by atoms with Gasteiger partial charge in [-0.05, 0) is 48.7 Å². The van der Waals surface area contributed by atoms with Crippen LogP contribution in [0.1, 0.15) is 34.2 Å². The van der Waals surface area contributed by atoms with Crippen LogP contribution in [-0.2, 0) is 12.8 Å². The van der Waals surface area contributed by atoms with Gasteiger partial charge in [-0.1, -0.05) is 30.3 Å². The first-order valence-electron chi connectivity index (χ1n) is 7.47. The number of thiazole rings is 1. The van der Waals surface area contributed by atoms with Gasteiger partial charge in [-0.2, -0.15) is 0 Å². The highest BCUT2D eigenvalue weighted by Crippen LogP contribution is 2.32. The van der Waals surface area contributed by atoms with Gasteiger partial charge < -0.3 is 5.32 Å². The molecule has 1 aliphatic carbocycles. The van der Waals surface area contributed by atoms with E-state index in [1.807, 2.05) is 0 Å².